The lowest BCUT2D eigenvalue weighted by molar-refractivity contribution is -0.161. The van der Waals surface area contributed by atoms with Crippen molar-refractivity contribution in [3.05, 3.63) is 85.1 Å². The van der Waals surface area contributed by atoms with E-state index in [-0.39, 0.29) is 19.4 Å². The minimum atomic E-state index is -4.78. The first-order valence-electron chi connectivity index (χ1n) is 17.4. The third-order valence-electron chi connectivity index (χ3n) is 6.67. The predicted molar refractivity (Wildman–Crippen MR) is 193 cm³/mol. The predicted octanol–water partition coefficient (Wildman–Crippen LogP) is 10.1. The zero-order chi connectivity index (χ0) is 34.7. The Morgan fingerprint density at radius 1 is 0.574 bits per heavy atom. The standard InChI is InChI=1S/C38H61O8P/c1-3-5-7-9-11-13-15-17-18-19-21-22-24-26-28-30-32-37(39)44-34-36(35-45-47(41,42)43)46-38(40)33-31-29-27-25-23-20-16-14-12-10-8-6-4-2/h5,7,11,13,17-18,20-23,26-29,36H,3-4,6,8-10,12,14-16,19,24-25,30-35H2,1-2H3,(H2,41,42,43)/b7-5+,13-11+,18-17+,22-21+,23-20+,28-26+,29-27+. The molecule has 0 aliphatic rings. The van der Waals surface area contributed by atoms with Gasteiger partial charge in [-0.25, -0.2) is 4.57 Å². The number of carbonyl (C=O) groups excluding carboxylic acids is 2. The molecule has 0 aromatic rings. The number of phosphoric acid groups is 1. The Morgan fingerprint density at radius 2 is 1.02 bits per heavy atom. The first-order valence-corrected chi connectivity index (χ1v) is 18.9. The van der Waals surface area contributed by atoms with Gasteiger partial charge in [0.25, 0.3) is 0 Å². The van der Waals surface area contributed by atoms with E-state index in [0.29, 0.717) is 12.8 Å². The molecule has 0 saturated carbocycles. The number of esters is 2. The topological polar surface area (TPSA) is 119 Å². The Morgan fingerprint density at radius 3 is 1.53 bits per heavy atom. The highest BCUT2D eigenvalue weighted by Gasteiger charge is 2.22. The average molecular weight is 677 g/mol. The molecule has 47 heavy (non-hydrogen) atoms. The van der Waals surface area contributed by atoms with E-state index in [2.05, 4.69) is 79.1 Å². The summed E-state index contributed by atoms with van der Waals surface area (Å²) in [6.45, 7) is 3.41. The summed E-state index contributed by atoms with van der Waals surface area (Å²) in [6, 6.07) is 0. The highest BCUT2D eigenvalue weighted by atomic mass is 31.2. The van der Waals surface area contributed by atoms with Gasteiger partial charge in [-0.05, 0) is 64.2 Å². The molecule has 0 bridgehead atoms. The number of ether oxygens (including phenoxy) is 2. The van der Waals surface area contributed by atoms with Crippen molar-refractivity contribution in [3.63, 3.8) is 0 Å². The number of carbonyl (C=O) groups is 2. The summed E-state index contributed by atoms with van der Waals surface area (Å²) in [5.74, 6) is -1.07. The normalized spacial score (nSPS) is 13.5. The van der Waals surface area contributed by atoms with Crippen LogP contribution in [0.3, 0.4) is 0 Å². The van der Waals surface area contributed by atoms with Crippen LogP contribution in [0.1, 0.15) is 123 Å². The molecule has 1 unspecified atom stereocenters. The summed E-state index contributed by atoms with van der Waals surface area (Å²) >= 11 is 0. The Labute approximate surface area is 284 Å². The number of hydrogen-bond acceptors (Lipinski definition) is 6. The zero-order valence-corrected chi connectivity index (χ0v) is 29.8. The van der Waals surface area contributed by atoms with Crippen LogP contribution in [0.2, 0.25) is 0 Å². The smallest absolute Gasteiger partial charge is 0.462 e. The molecular formula is C38H61O8P. The van der Waals surface area contributed by atoms with Gasteiger partial charge in [0, 0.05) is 12.8 Å². The third-order valence-corrected chi connectivity index (χ3v) is 7.16. The lowest BCUT2D eigenvalue weighted by Crippen LogP contribution is -2.29. The maximum atomic E-state index is 12.3. The minimum Gasteiger partial charge on any atom is -0.462 e. The number of unbranched alkanes of at least 4 members (excludes halogenated alkanes) is 6. The molecule has 0 spiro atoms. The van der Waals surface area contributed by atoms with E-state index in [1.54, 1.807) is 0 Å². The number of allylic oxidation sites excluding steroid dienone is 14. The minimum absolute atomic E-state index is 0.0857. The molecule has 2 N–H and O–H groups in total. The van der Waals surface area contributed by atoms with Gasteiger partial charge < -0.3 is 19.3 Å². The summed E-state index contributed by atoms with van der Waals surface area (Å²) in [4.78, 5) is 42.5. The Hall–Kier alpha value is -2.77. The molecule has 0 fully saturated rings. The summed E-state index contributed by atoms with van der Waals surface area (Å²) in [5.41, 5.74) is 0. The average Bonchev–Trinajstić information content (AvgIpc) is 3.03. The largest absolute Gasteiger partial charge is 0.469 e. The number of hydrogen-bond donors (Lipinski definition) is 2. The van der Waals surface area contributed by atoms with E-state index < -0.39 is 32.5 Å². The summed E-state index contributed by atoms with van der Waals surface area (Å²) in [6.07, 6.45) is 43.3. The van der Waals surface area contributed by atoms with E-state index in [1.165, 1.54) is 38.5 Å². The van der Waals surface area contributed by atoms with Gasteiger partial charge in [0.15, 0.2) is 6.10 Å². The highest BCUT2D eigenvalue weighted by Crippen LogP contribution is 2.35. The van der Waals surface area contributed by atoms with Crippen LogP contribution in [-0.2, 0) is 28.2 Å². The Bertz CT molecular complexity index is 1030. The monoisotopic (exact) mass is 676 g/mol. The first-order chi connectivity index (χ1) is 22.8. The molecule has 0 aromatic heterocycles. The van der Waals surface area contributed by atoms with Crippen LogP contribution < -0.4 is 0 Å². The third kappa shape index (κ3) is 35.9. The van der Waals surface area contributed by atoms with Gasteiger partial charge >= 0.3 is 19.8 Å². The van der Waals surface area contributed by atoms with Gasteiger partial charge in [-0.2, -0.15) is 0 Å². The van der Waals surface area contributed by atoms with Crippen LogP contribution >= 0.6 is 7.82 Å². The molecular weight excluding hydrogens is 615 g/mol. The maximum Gasteiger partial charge on any atom is 0.469 e. The molecule has 0 aliphatic heterocycles. The van der Waals surface area contributed by atoms with Gasteiger partial charge in [0.1, 0.15) is 6.61 Å². The van der Waals surface area contributed by atoms with Crippen LogP contribution in [0.5, 0.6) is 0 Å². The number of phosphoric ester groups is 1. The Balaban J connectivity index is 4.23. The van der Waals surface area contributed by atoms with Gasteiger partial charge in [-0.1, -0.05) is 131 Å². The highest BCUT2D eigenvalue weighted by molar-refractivity contribution is 7.46. The van der Waals surface area contributed by atoms with Crippen molar-refractivity contribution in [1.29, 1.82) is 0 Å². The van der Waals surface area contributed by atoms with Crippen LogP contribution in [0.15, 0.2) is 85.1 Å². The number of rotatable bonds is 30. The molecule has 266 valence electrons. The molecule has 0 aromatic carbocycles. The second-order valence-electron chi connectivity index (χ2n) is 11.1. The molecule has 9 heteroatoms. The van der Waals surface area contributed by atoms with E-state index in [9.17, 15) is 14.2 Å². The second-order valence-corrected chi connectivity index (χ2v) is 12.3. The van der Waals surface area contributed by atoms with E-state index in [1.807, 2.05) is 24.3 Å². The molecule has 8 nitrogen and oxygen atoms in total. The first kappa shape index (κ1) is 44.2. The lowest BCUT2D eigenvalue weighted by Gasteiger charge is -2.18. The van der Waals surface area contributed by atoms with Crippen molar-refractivity contribution in [3.8, 4) is 0 Å². The quantitative estimate of drug-likeness (QED) is 0.0334. The molecule has 0 aliphatic carbocycles. The molecule has 0 heterocycles. The van der Waals surface area contributed by atoms with Crippen molar-refractivity contribution in [2.75, 3.05) is 13.2 Å². The van der Waals surface area contributed by atoms with Crippen LogP contribution in [-0.4, -0.2) is 41.0 Å². The van der Waals surface area contributed by atoms with Crippen LogP contribution in [0.25, 0.3) is 0 Å². The maximum absolute atomic E-state index is 12.3. The van der Waals surface area contributed by atoms with Crippen molar-refractivity contribution in [2.45, 2.75) is 129 Å². The molecule has 0 radical (unpaired) electrons. The van der Waals surface area contributed by atoms with Gasteiger partial charge in [-0.15, -0.1) is 0 Å². The van der Waals surface area contributed by atoms with Crippen molar-refractivity contribution >= 4 is 19.8 Å². The van der Waals surface area contributed by atoms with E-state index in [0.717, 1.165) is 44.9 Å². The van der Waals surface area contributed by atoms with E-state index >= 15 is 0 Å². The van der Waals surface area contributed by atoms with Gasteiger partial charge in [-0.3, -0.25) is 14.1 Å². The fraction of sp³-hybridized carbons (Fsp3) is 0.579. The fourth-order valence-electron chi connectivity index (χ4n) is 4.12. The summed E-state index contributed by atoms with van der Waals surface area (Å²) < 4.78 is 26.1. The molecule has 0 rings (SSSR count). The zero-order valence-electron chi connectivity index (χ0n) is 28.9. The van der Waals surface area contributed by atoms with Gasteiger partial charge in [0.05, 0.1) is 6.61 Å². The van der Waals surface area contributed by atoms with Crippen LogP contribution in [0.4, 0.5) is 0 Å². The summed E-state index contributed by atoms with van der Waals surface area (Å²) in [5, 5.41) is 0. The summed E-state index contributed by atoms with van der Waals surface area (Å²) in [7, 11) is -4.78. The van der Waals surface area contributed by atoms with Crippen molar-refractivity contribution < 1.29 is 37.9 Å². The van der Waals surface area contributed by atoms with Crippen LogP contribution in [0, 0.1) is 0 Å². The second kappa shape index (κ2) is 33.1. The van der Waals surface area contributed by atoms with Gasteiger partial charge in [0.2, 0.25) is 0 Å². The molecule has 0 amide bonds. The fourth-order valence-corrected chi connectivity index (χ4v) is 4.48. The van der Waals surface area contributed by atoms with Crippen molar-refractivity contribution in [1.82, 2.24) is 0 Å². The molecule has 1 atom stereocenters. The Kier molecular flexibility index (Phi) is 31.2. The lowest BCUT2D eigenvalue weighted by atomic mass is 10.1. The van der Waals surface area contributed by atoms with E-state index in [4.69, 9.17) is 19.3 Å². The van der Waals surface area contributed by atoms with Crippen molar-refractivity contribution in [2.24, 2.45) is 0 Å². The SMILES string of the molecule is CC/C=C/C/C=C/C/C=C/C/C=C/C/C=C/CCC(=O)OCC(COP(=O)(O)O)OC(=O)CC/C=C/C/C=C/CCCCCCCC. The molecule has 0 saturated heterocycles.